The van der Waals surface area contributed by atoms with Crippen molar-refractivity contribution in [3.8, 4) is 0 Å². The normalized spacial score (nSPS) is 19.1. The molecular formula is C13H14N2O2S2. The van der Waals surface area contributed by atoms with Gasteiger partial charge in [0.1, 0.15) is 4.83 Å². The Bertz CT molecular complexity index is 683. The average molecular weight is 294 g/mol. The van der Waals surface area contributed by atoms with E-state index in [1.165, 1.54) is 0 Å². The van der Waals surface area contributed by atoms with E-state index in [9.17, 15) is 4.79 Å². The van der Waals surface area contributed by atoms with Crippen LogP contribution in [-0.2, 0) is 11.3 Å². The van der Waals surface area contributed by atoms with Gasteiger partial charge in [-0.2, -0.15) is 0 Å². The van der Waals surface area contributed by atoms with E-state index >= 15 is 0 Å². The average Bonchev–Trinajstić information content (AvgIpc) is 3.02. The number of hydrogen-bond acceptors (Lipinski definition) is 4. The fourth-order valence-electron chi connectivity index (χ4n) is 2.43. The lowest BCUT2D eigenvalue weighted by Crippen LogP contribution is -2.18. The van der Waals surface area contributed by atoms with Gasteiger partial charge >= 0.3 is 0 Å². The van der Waals surface area contributed by atoms with Gasteiger partial charge in [0.05, 0.1) is 16.2 Å². The van der Waals surface area contributed by atoms with Crippen LogP contribution in [0.25, 0.3) is 10.2 Å². The summed E-state index contributed by atoms with van der Waals surface area (Å²) in [5.41, 5.74) is 5.82. The van der Waals surface area contributed by atoms with E-state index in [-0.39, 0.29) is 6.10 Å². The molecular weight excluding hydrogens is 280 g/mol. The van der Waals surface area contributed by atoms with E-state index in [1.54, 1.807) is 17.5 Å². The Morgan fingerprint density at radius 2 is 2.47 bits per heavy atom. The summed E-state index contributed by atoms with van der Waals surface area (Å²) in [6.07, 6.45) is 4.14. The largest absolute Gasteiger partial charge is 0.376 e. The summed E-state index contributed by atoms with van der Waals surface area (Å²) in [6, 6.07) is 1.95. The maximum absolute atomic E-state index is 11.5. The van der Waals surface area contributed by atoms with Crippen LogP contribution in [0, 0.1) is 4.51 Å². The summed E-state index contributed by atoms with van der Waals surface area (Å²) < 4.78 is 8.25. The van der Waals surface area contributed by atoms with Gasteiger partial charge in [0.15, 0.2) is 0 Å². The maximum atomic E-state index is 11.5. The summed E-state index contributed by atoms with van der Waals surface area (Å²) in [5, 5.41) is 2.91. The predicted octanol–water partition coefficient (Wildman–Crippen LogP) is 2.71. The smallest absolute Gasteiger partial charge is 0.251 e. The first-order valence-corrected chi connectivity index (χ1v) is 7.47. The molecule has 0 aromatic carbocycles. The number of carbonyl (C=O) groups excluding carboxylic acids is 1. The number of fused-ring (bicyclic) bond motifs is 1. The van der Waals surface area contributed by atoms with Crippen LogP contribution in [0.15, 0.2) is 17.6 Å². The highest BCUT2D eigenvalue weighted by atomic mass is 32.1. The Hall–Kier alpha value is -1.24. The lowest BCUT2D eigenvalue weighted by atomic mass is 10.2. The van der Waals surface area contributed by atoms with Gasteiger partial charge in [-0.3, -0.25) is 4.79 Å². The van der Waals surface area contributed by atoms with Crippen LogP contribution in [0.4, 0.5) is 0 Å². The van der Waals surface area contributed by atoms with Gasteiger partial charge in [0.2, 0.25) is 0 Å². The summed E-state index contributed by atoms with van der Waals surface area (Å²) in [4.78, 5) is 12.6. The zero-order chi connectivity index (χ0) is 13.4. The highest BCUT2D eigenvalue weighted by molar-refractivity contribution is 7.71. The minimum Gasteiger partial charge on any atom is -0.376 e. The van der Waals surface area contributed by atoms with Crippen molar-refractivity contribution in [3.63, 3.8) is 0 Å². The Morgan fingerprint density at radius 3 is 3.16 bits per heavy atom. The number of carbonyl (C=O) groups is 1. The quantitative estimate of drug-likeness (QED) is 0.886. The summed E-state index contributed by atoms with van der Waals surface area (Å²) in [7, 11) is 0. The van der Waals surface area contributed by atoms with Crippen LogP contribution >= 0.6 is 23.6 Å². The number of amides is 1. The third-order valence-corrected chi connectivity index (χ3v) is 4.76. The topological polar surface area (TPSA) is 57.2 Å². The number of aromatic nitrogens is 1. The van der Waals surface area contributed by atoms with Crippen molar-refractivity contribution < 1.29 is 9.53 Å². The summed E-state index contributed by atoms with van der Waals surface area (Å²) >= 11 is 6.95. The SMILES string of the molecule is NC(=O)c1cn(CC2CCCO2)c2sccc2c1=S. The lowest BCUT2D eigenvalue weighted by molar-refractivity contribution is 0.0967. The Kier molecular flexibility index (Phi) is 3.38. The molecule has 1 saturated heterocycles. The number of primary amides is 1. The van der Waals surface area contributed by atoms with Crippen molar-refractivity contribution in [2.24, 2.45) is 5.73 Å². The van der Waals surface area contributed by atoms with Gasteiger partial charge in [-0.15, -0.1) is 11.3 Å². The first-order chi connectivity index (χ1) is 9.16. The fraction of sp³-hybridized carbons (Fsp3) is 0.385. The molecule has 1 aliphatic heterocycles. The lowest BCUT2D eigenvalue weighted by Gasteiger charge is -2.15. The molecule has 1 unspecified atom stereocenters. The molecule has 0 radical (unpaired) electrons. The van der Waals surface area contributed by atoms with Crippen LogP contribution in [0.1, 0.15) is 23.2 Å². The molecule has 3 heterocycles. The Morgan fingerprint density at radius 1 is 1.63 bits per heavy atom. The second kappa shape index (κ2) is 5.03. The maximum Gasteiger partial charge on any atom is 0.251 e. The van der Waals surface area contributed by atoms with Crippen molar-refractivity contribution in [3.05, 3.63) is 27.7 Å². The van der Waals surface area contributed by atoms with Crippen molar-refractivity contribution in [1.82, 2.24) is 4.57 Å². The minimum absolute atomic E-state index is 0.215. The zero-order valence-corrected chi connectivity index (χ0v) is 11.9. The molecule has 1 amide bonds. The molecule has 2 N–H and O–H groups in total. The van der Waals surface area contributed by atoms with Crippen LogP contribution in [0.3, 0.4) is 0 Å². The number of rotatable bonds is 3. The first kappa shape index (κ1) is 12.8. The molecule has 2 aromatic rings. The van der Waals surface area contributed by atoms with Gasteiger partial charge < -0.3 is 15.0 Å². The number of thiophene rings is 1. The Labute approximate surface area is 119 Å². The molecule has 19 heavy (non-hydrogen) atoms. The molecule has 1 aliphatic rings. The van der Waals surface area contributed by atoms with Crippen molar-refractivity contribution in [1.29, 1.82) is 0 Å². The number of pyridine rings is 1. The Balaban J connectivity index is 2.11. The first-order valence-electron chi connectivity index (χ1n) is 6.19. The molecule has 0 spiro atoms. The molecule has 6 heteroatoms. The molecule has 2 aromatic heterocycles. The summed E-state index contributed by atoms with van der Waals surface area (Å²) in [5.74, 6) is -0.473. The number of ether oxygens (including phenoxy) is 1. The van der Waals surface area contributed by atoms with Gasteiger partial charge in [0, 0.05) is 24.7 Å². The van der Waals surface area contributed by atoms with Gasteiger partial charge in [0.25, 0.3) is 5.91 Å². The van der Waals surface area contributed by atoms with E-state index in [0.29, 0.717) is 10.1 Å². The second-order valence-electron chi connectivity index (χ2n) is 4.66. The number of hydrogen-bond donors (Lipinski definition) is 1. The third-order valence-electron chi connectivity index (χ3n) is 3.37. The van der Waals surface area contributed by atoms with Crippen LogP contribution in [-0.4, -0.2) is 23.2 Å². The van der Waals surface area contributed by atoms with E-state index < -0.39 is 5.91 Å². The van der Waals surface area contributed by atoms with E-state index in [0.717, 1.165) is 36.2 Å². The summed E-state index contributed by atoms with van der Waals surface area (Å²) in [6.45, 7) is 1.56. The molecule has 3 rings (SSSR count). The van der Waals surface area contributed by atoms with Gasteiger partial charge in [-0.1, -0.05) is 12.2 Å². The van der Waals surface area contributed by atoms with Crippen molar-refractivity contribution >= 4 is 39.7 Å². The standard InChI is InChI=1S/C13H14N2O2S2/c14-12(16)10-7-15(6-8-2-1-4-17-8)13-9(11(10)18)3-5-19-13/h3,5,7-8H,1-2,4,6H2,(H2,14,16). The third kappa shape index (κ3) is 2.31. The predicted molar refractivity (Wildman–Crippen MR) is 78.1 cm³/mol. The van der Waals surface area contributed by atoms with Crippen LogP contribution in [0.2, 0.25) is 0 Å². The van der Waals surface area contributed by atoms with Crippen LogP contribution in [0.5, 0.6) is 0 Å². The minimum atomic E-state index is -0.473. The van der Waals surface area contributed by atoms with E-state index in [4.69, 9.17) is 22.7 Å². The molecule has 1 atom stereocenters. The molecule has 0 saturated carbocycles. The number of nitrogens with zero attached hydrogens (tertiary/aromatic N) is 1. The van der Waals surface area contributed by atoms with Gasteiger partial charge in [-0.25, -0.2) is 0 Å². The molecule has 1 fully saturated rings. The number of nitrogens with two attached hydrogens (primary N) is 1. The highest BCUT2D eigenvalue weighted by Gasteiger charge is 2.18. The second-order valence-corrected chi connectivity index (χ2v) is 5.97. The van der Waals surface area contributed by atoms with E-state index in [1.807, 2.05) is 16.0 Å². The van der Waals surface area contributed by atoms with E-state index in [2.05, 4.69) is 0 Å². The molecule has 0 bridgehead atoms. The molecule has 4 nitrogen and oxygen atoms in total. The van der Waals surface area contributed by atoms with Crippen molar-refractivity contribution in [2.75, 3.05) is 6.61 Å². The van der Waals surface area contributed by atoms with Gasteiger partial charge in [-0.05, 0) is 24.3 Å². The fourth-order valence-corrected chi connectivity index (χ4v) is 3.71. The molecule has 0 aliphatic carbocycles. The van der Waals surface area contributed by atoms with Crippen molar-refractivity contribution in [2.45, 2.75) is 25.5 Å². The van der Waals surface area contributed by atoms with Crippen LogP contribution < -0.4 is 5.73 Å². The highest BCUT2D eigenvalue weighted by Crippen LogP contribution is 2.26. The zero-order valence-electron chi connectivity index (χ0n) is 10.3. The molecule has 100 valence electrons. The monoisotopic (exact) mass is 294 g/mol.